The van der Waals surface area contributed by atoms with Crippen LogP contribution in [0.3, 0.4) is 0 Å². The fourth-order valence-electron chi connectivity index (χ4n) is 3.28. The molecule has 6 unspecified atom stereocenters. The summed E-state index contributed by atoms with van der Waals surface area (Å²) in [7, 11) is 0. The predicted molar refractivity (Wildman–Crippen MR) is 51.9 cm³/mol. The lowest BCUT2D eigenvalue weighted by atomic mass is 9.64. The van der Waals surface area contributed by atoms with Gasteiger partial charge in [0.05, 0.1) is 0 Å². The Kier molecular flexibility index (Phi) is 1.75. The molecule has 2 aliphatic carbocycles. The molecule has 2 saturated carbocycles. The molecule has 6 atom stereocenters. The van der Waals surface area contributed by atoms with Crippen molar-refractivity contribution < 1.29 is 0 Å². The number of hydrogen-bond donors (Lipinski definition) is 1. The van der Waals surface area contributed by atoms with E-state index in [1.807, 2.05) is 0 Å². The molecule has 0 aromatic rings. The molecule has 0 aliphatic heterocycles. The Morgan fingerprint density at radius 3 is 2.27 bits per heavy atom. The van der Waals surface area contributed by atoms with Crippen molar-refractivity contribution >= 4 is 12.6 Å². The van der Waals surface area contributed by atoms with E-state index in [-0.39, 0.29) is 0 Å². The Morgan fingerprint density at radius 1 is 1.09 bits per heavy atom. The monoisotopic (exact) mass is 170 g/mol. The molecule has 0 amide bonds. The lowest BCUT2D eigenvalue weighted by Crippen LogP contribution is -2.45. The highest BCUT2D eigenvalue weighted by Gasteiger charge is 2.53. The molecule has 0 aromatic carbocycles. The van der Waals surface area contributed by atoms with Gasteiger partial charge in [-0.05, 0) is 36.0 Å². The Bertz CT molecular complexity index is 166. The van der Waals surface area contributed by atoms with Crippen molar-refractivity contribution in [1.82, 2.24) is 0 Å². The first-order chi connectivity index (χ1) is 5.13. The molecular formula is C10H18S. The van der Waals surface area contributed by atoms with Crippen LogP contribution in [-0.2, 0) is 0 Å². The van der Waals surface area contributed by atoms with E-state index in [2.05, 4.69) is 33.4 Å². The quantitative estimate of drug-likeness (QED) is 0.531. The van der Waals surface area contributed by atoms with E-state index in [4.69, 9.17) is 0 Å². The molecule has 2 rings (SSSR count). The van der Waals surface area contributed by atoms with Gasteiger partial charge in [-0.25, -0.2) is 0 Å². The largest absolute Gasteiger partial charge is 0.175 e. The standard InChI is InChI=1S/C10H18S/c1-5-4-8-9(6(5)2)7(3)10(8)11/h5-11H,4H2,1-3H3. The summed E-state index contributed by atoms with van der Waals surface area (Å²) in [5, 5.41) is 0.715. The molecule has 0 N–H and O–H groups in total. The normalized spacial score (nSPS) is 62.2. The zero-order chi connectivity index (χ0) is 8.17. The van der Waals surface area contributed by atoms with Gasteiger partial charge in [-0.1, -0.05) is 20.8 Å². The van der Waals surface area contributed by atoms with E-state index >= 15 is 0 Å². The molecule has 0 heterocycles. The average Bonchev–Trinajstić information content (AvgIpc) is 2.26. The van der Waals surface area contributed by atoms with E-state index in [1.165, 1.54) is 6.42 Å². The highest BCUT2D eigenvalue weighted by atomic mass is 32.1. The van der Waals surface area contributed by atoms with Gasteiger partial charge in [-0.15, -0.1) is 0 Å². The van der Waals surface area contributed by atoms with Gasteiger partial charge in [0.1, 0.15) is 0 Å². The average molecular weight is 170 g/mol. The van der Waals surface area contributed by atoms with Crippen LogP contribution < -0.4 is 0 Å². The summed E-state index contributed by atoms with van der Waals surface area (Å²) in [5.74, 6) is 4.75. The van der Waals surface area contributed by atoms with Crippen molar-refractivity contribution in [3.05, 3.63) is 0 Å². The summed E-state index contributed by atoms with van der Waals surface area (Å²) in [4.78, 5) is 0. The molecular weight excluding hydrogens is 152 g/mol. The van der Waals surface area contributed by atoms with Gasteiger partial charge in [-0.2, -0.15) is 12.6 Å². The van der Waals surface area contributed by atoms with E-state index in [9.17, 15) is 0 Å². The van der Waals surface area contributed by atoms with Crippen molar-refractivity contribution in [1.29, 1.82) is 0 Å². The maximum Gasteiger partial charge on any atom is 0.00765 e. The van der Waals surface area contributed by atoms with Crippen molar-refractivity contribution in [2.45, 2.75) is 32.4 Å². The number of hydrogen-bond acceptors (Lipinski definition) is 1. The Morgan fingerprint density at radius 2 is 1.73 bits per heavy atom. The summed E-state index contributed by atoms with van der Waals surface area (Å²) >= 11 is 4.64. The van der Waals surface area contributed by atoms with Crippen LogP contribution in [0.4, 0.5) is 0 Å². The molecule has 2 aliphatic rings. The number of fused-ring (bicyclic) bond motifs is 1. The second-order valence-electron chi connectivity index (χ2n) is 4.66. The number of thiol groups is 1. The van der Waals surface area contributed by atoms with Crippen molar-refractivity contribution in [3.8, 4) is 0 Å². The first-order valence-corrected chi connectivity index (χ1v) is 5.32. The zero-order valence-corrected chi connectivity index (χ0v) is 8.51. The maximum absolute atomic E-state index is 4.64. The molecule has 0 radical (unpaired) electrons. The Balaban J connectivity index is 2.12. The predicted octanol–water partition coefficient (Wildman–Crippen LogP) is 2.84. The van der Waals surface area contributed by atoms with Crippen LogP contribution in [0.25, 0.3) is 0 Å². The molecule has 64 valence electrons. The van der Waals surface area contributed by atoms with E-state index in [0.29, 0.717) is 5.25 Å². The summed E-state index contributed by atoms with van der Waals surface area (Å²) in [6.07, 6.45) is 1.43. The molecule has 0 nitrogen and oxygen atoms in total. The van der Waals surface area contributed by atoms with Crippen LogP contribution >= 0.6 is 12.6 Å². The van der Waals surface area contributed by atoms with Crippen molar-refractivity contribution in [2.75, 3.05) is 0 Å². The lowest BCUT2D eigenvalue weighted by molar-refractivity contribution is 0.0996. The number of rotatable bonds is 0. The molecule has 0 saturated heterocycles. The smallest absolute Gasteiger partial charge is 0.00765 e. The van der Waals surface area contributed by atoms with Crippen LogP contribution in [0.5, 0.6) is 0 Å². The highest BCUT2D eigenvalue weighted by molar-refractivity contribution is 7.81. The van der Waals surface area contributed by atoms with Gasteiger partial charge in [0, 0.05) is 5.25 Å². The molecule has 0 spiro atoms. The molecule has 2 fully saturated rings. The SMILES string of the molecule is CC1CC2C(S)C(C)C2C1C. The van der Waals surface area contributed by atoms with Crippen LogP contribution in [0.15, 0.2) is 0 Å². The third kappa shape index (κ3) is 0.898. The first kappa shape index (κ1) is 7.97. The highest BCUT2D eigenvalue weighted by Crippen LogP contribution is 2.58. The molecule has 1 heteroatoms. The van der Waals surface area contributed by atoms with Crippen molar-refractivity contribution in [2.24, 2.45) is 29.6 Å². The third-order valence-corrected chi connectivity index (χ3v) is 5.08. The third-order valence-electron chi connectivity index (χ3n) is 4.23. The fraction of sp³-hybridized carbons (Fsp3) is 1.00. The minimum absolute atomic E-state index is 0.715. The topological polar surface area (TPSA) is 0 Å². The van der Waals surface area contributed by atoms with Gasteiger partial charge < -0.3 is 0 Å². The summed E-state index contributed by atoms with van der Waals surface area (Å²) in [6, 6.07) is 0. The lowest BCUT2D eigenvalue weighted by Gasteiger charge is -2.46. The Hall–Kier alpha value is 0.350. The maximum atomic E-state index is 4.64. The van der Waals surface area contributed by atoms with Crippen LogP contribution in [0, 0.1) is 29.6 Å². The van der Waals surface area contributed by atoms with Crippen LogP contribution in [0.1, 0.15) is 27.2 Å². The fourth-order valence-corrected chi connectivity index (χ4v) is 3.80. The van der Waals surface area contributed by atoms with Gasteiger partial charge in [-0.3, -0.25) is 0 Å². The van der Waals surface area contributed by atoms with Gasteiger partial charge in [0.15, 0.2) is 0 Å². The minimum atomic E-state index is 0.715. The second kappa shape index (κ2) is 2.42. The van der Waals surface area contributed by atoms with Gasteiger partial charge in [0.2, 0.25) is 0 Å². The van der Waals surface area contributed by atoms with Crippen LogP contribution in [-0.4, -0.2) is 5.25 Å². The van der Waals surface area contributed by atoms with Crippen LogP contribution in [0.2, 0.25) is 0 Å². The molecule has 0 aromatic heterocycles. The van der Waals surface area contributed by atoms with Gasteiger partial charge in [0.25, 0.3) is 0 Å². The molecule has 11 heavy (non-hydrogen) atoms. The van der Waals surface area contributed by atoms with Gasteiger partial charge >= 0.3 is 0 Å². The second-order valence-corrected chi connectivity index (χ2v) is 5.26. The van der Waals surface area contributed by atoms with E-state index in [0.717, 1.165) is 29.6 Å². The first-order valence-electron chi connectivity index (χ1n) is 4.81. The summed E-state index contributed by atoms with van der Waals surface area (Å²) in [5.41, 5.74) is 0. The molecule has 0 bridgehead atoms. The van der Waals surface area contributed by atoms with Crippen molar-refractivity contribution in [3.63, 3.8) is 0 Å². The zero-order valence-electron chi connectivity index (χ0n) is 7.62. The van der Waals surface area contributed by atoms with E-state index in [1.54, 1.807) is 0 Å². The Labute approximate surface area is 75.2 Å². The van der Waals surface area contributed by atoms with E-state index < -0.39 is 0 Å². The summed E-state index contributed by atoms with van der Waals surface area (Å²) in [6.45, 7) is 7.19. The minimum Gasteiger partial charge on any atom is -0.175 e. The summed E-state index contributed by atoms with van der Waals surface area (Å²) < 4.78 is 0.